The van der Waals surface area contributed by atoms with E-state index in [-0.39, 0.29) is 0 Å². The molecule has 2 rings (SSSR count). The van der Waals surface area contributed by atoms with Crippen molar-refractivity contribution in [2.45, 2.75) is 26.2 Å². The summed E-state index contributed by atoms with van der Waals surface area (Å²) in [5, 5.41) is 0. The van der Waals surface area contributed by atoms with Crippen LogP contribution in [0.2, 0.25) is 0 Å². The van der Waals surface area contributed by atoms with Gasteiger partial charge in [0.15, 0.2) is 0 Å². The van der Waals surface area contributed by atoms with Crippen molar-refractivity contribution < 1.29 is 9.53 Å². The molecule has 0 spiro atoms. The average molecular weight is 211 g/mol. The van der Waals surface area contributed by atoms with Gasteiger partial charge >= 0.3 is 0 Å². The monoisotopic (exact) mass is 211 g/mol. The molecule has 0 radical (unpaired) electrons. The van der Waals surface area contributed by atoms with Crippen LogP contribution in [0, 0.1) is 17.8 Å². The second-order valence-corrected chi connectivity index (χ2v) is 4.88. The van der Waals surface area contributed by atoms with Crippen molar-refractivity contribution in [2.75, 3.05) is 26.8 Å². The first-order valence-electron chi connectivity index (χ1n) is 6.05. The van der Waals surface area contributed by atoms with E-state index in [0.717, 1.165) is 37.8 Å². The summed E-state index contributed by atoms with van der Waals surface area (Å²) in [6.07, 6.45) is 3.66. The fourth-order valence-electron chi connectivity index (χ4n) is 2.68. The highest BCUT2D eigenvalue weighted by Crippen LogP contribution is 2.54. The van der Waals surface area contributed by atoms with Crippen molar-refractivity contribution in [3.05, 3.63) is 0 Å². The molecule has 86 valence electrons. The molecule has 0 aromatic rings. The summed E-state index contributed by atoms with van der Waals surface area (Å²) < 4.78 is 5.25. The summed E-state index contributed by atoms with van der Waals surface area (Å²) in [6.45, 7) is 4.11. The highest BCUT2D eigenvalue weighted by molar-refractivity contribution is 5.79. The Labute approximate surface area is 91.8 Å². The minimum Gasteiger partial charge on any atom is -0.380 e. The number of likely N-dealkylation sites (N-methyl/N-ethyl adjacent to an activating group) is 1. The topological polar surface area (TPSA) is 29.5 Å². The van der Waals surface area contributed by atoms with E-state index >= 15 is 0 Å². The molecule has 0 aliphatic heterocycles. The second kappa shape index (κ2) is 4.52. The largest absolute Gasteiger partial charge is 0.380 e. The number of nitrogens with zero attached hydrogens (tertiary/aromatic N) is 1. The normalized spacial score (nSPS) is 32.5. The van der Waals surface area contributed by atoms with Crippen LogP contribution in [-0.4, -0.2) is 37.6 Å². The number of carbonyl (C=O) groups is 1. The third-order valence-electron chi connectivity index (χ3n) is 3.74. The molecule has 0 saturated heterocycles. The summed E-state index contributed by atoms with van der Waals surface area (Å²) in [5.41, 5.74) is 0. The smallest absolute Gasteiger partial charge is 0.225 e. The SMILES string of the molecule is CCOCCN(C)C(=O)C1CC2CC2C1. The zero-order valence-electron chi connectivity index (χ0n) is 9.74. The Hall–Kier alpha value is -0.570. The van der Waals surface area contributed by atoms with Gasteiger partial charge in [-0.15, -0.1) is 0 Å². The Morgan fingerprint density at radius 2 is 2.00 bits per heavy atom. The van der Waals surface area contributed by atoms with Crippen molar-refractivity contribution in [3.63, 3.8) is 0 Å². The standard InChI is InChI=1S/C12H21NO2/c1-3-15-5-4-13(2)12(14)11-7-9-6-10(9)8-11/h9-11H,3-8H2,1-2H3. The number of hydrogen-bond donors (Lipinski definition) is 0. The molecule has 0 N–H and O–H groups in total. The Morgan fingerprint density at radius 1 is 1.33 bits per heavy atom. The van der Waals surface area contributed by atoms with Gasteiger partial charge < -0.3 is 9.64 Å². The van der Waals surface area contributed by atoms with Crippen molar-refractivity contribution >= 4 is 5.91 Å². The van der Waals surface area contributed by atoms with Gasteiger partial charge in [0.1, 0.15) is 0 Å². The van der Waals surface area contributed by atoms with Crippen LogP contribution in [0.15, 0.2) is 0 Å². The van der Waals surface area contributed by atoms with Gasteiger partial charge in [-0.25, -0.2) is 0 Å². The quantitative estimate of drug-likeness (QED) is 0.645. The Balaban J connectivity index is 1.70. The summed E-state index contributed by atoms with van der Waals surface area (Å²) in [6, 6.07) is 0. The lowest BCUT2D eigenvalue weighted by Crippen LogP contribution is -2.34. The van der Waals surface area contributed by atoms with Gasteiger partial charge in [0.25, 0.3) is 0 Å². The maximum atomic E-state index is 12.0. The number of rotatable bonds is 5. The van der Waals surface area contributed by atoms with Gasteiger partial charge in [-0.1, -0.05) is 0 Å². The van der Waals surface area contributed by atoms with Crippen LogP contribution >= 0.6 is 0 Å². The van der Waals surface area contributed by atoms with E-state index in [4.69, 9.17) is 4.74 Å². The predicted octanol–water partition coefficient (Wildman–Crippen LogP) is 1.53. The zero-order valence-corrected chi connectivity index (χ0v) is 9.74. The van der Waals surface area contributed by atoms with E-state index in [0.29, 0.717) is 18.4 Å². The molecule has 2 unspecified atom stereocenters. The van der Waals surface area contributed by atoms with E-state index in [1.165, 1.54) is 6.42 Å². The molecular formula is C12H21NO2. The Kier molecular flexibility index (Phi) is 3.29. The lowest BCUT2D eigenvalue weighted by molar-refractivity contribution is -0.135. The van der Waals surface area contributed by atoms with Crippen molar-refractivity contribution in [1.82, 2.24) is 4.90 Å². The highest BCUT2D eigenvalue weighted by atomic mass is 16.5. The van der Waals surface area contributed by atoms with E-state index in [1.54, 1.807) is 0 Å². The number of ether oxygens (including phenoxy) is 1. The molecule has 2 aliphatic rings. The first-order valence-corrected chi connectivity index (χ1v) is 6.05. The number of amides is 1. The third-order valence-corrected chi connectivity index (χ3v) is 3.74. The Morgan fingerprint density at radius 3 is 2.60 bits per heavy atom. The molecule has 2 atom stereocenters. The van der Waals surface area contributed by atoms with E-state index in [1.807, 2.05) is 18.9 Å². The molecule has 3 nitrogen and oxygen atoms in total. The van der Waals surface area contributed by atoms with Gasteiger partial charge in [0.05, 0.1) is 6.61 Å². The van der Waals surface area contributed by atoms with Crippen molar-refractivity contribution in [1.29, 1.82) is 0 Å². The van der Waals surface area contributed by atoms with E-state index in [9.17, 15) is 4.79 Å². The van der Waals surface area contributed by atoms with Crippen LogP contribution in [0.4, 0.5) is 0 Å². The van der Waals surface area contributed by atoms with Crippen molar-refractivity contribution in [2.24, 2.45) is 17.8 Å². The highest BCUT2D eigenvalue weighted by Gasteiger charge is 2.48. The van der Waals surface area contributed by atoms with Crippen LogP contribution in [0.3, 0.4) is 0 Å². The average Bonchev–Trinajstić information content (AvgIpc) is 2.85. The molecular weight excluding hydrogens is 190 g/mol. The first-order chi connectivity index (χ1) is 7.22. The number of carbonyl (C=O) groups excluding carboxylic acids is 1. The molecule has 3 heteroatoms. The molecule has 0 heterocycles. The fraction of sp³-hybridized carbons (Fsp3) is 0.917. The van der Waals surface area contributed by atoms with Crippen LogP contribution in [0.1, 0.15) is 26.2 Å². The van der Waals surface area contributed by atoms with Gasteiger partial charge in [-0.3, -0.25) is 4.79 Å². The molecule has 2 aliphatic carbocycles. The van der Waals surface area contributed by atoms with E-state index < -0.39 is 0 Å². The lowest BCUT2D eigenvalue weighted by atomic mass is 10.0. The summed E-state index contributed by atoms with van der Waals surface area (Å²) in [7, 11) is 1.89. The minimum atomic E-state index is 0.320. The lowest BCUT2D eigenvalue weighted by Gasteiger charge is -2.21. The summed E-state index contributed by atoms with van der Waals surface area (Å²) >= 11 is 0. The van der Waals surface area contributed by atoms with E-state index in [2.05, 4.69) is 0 Å². The number of fused-ring (bicyclic) bond motifs is 1. The third kappa shape index (κ3) is 2.51. The molecule has 15 heavy (non-hydrogen) atoms. The predicted molar refractivity (Wildman–Crippen MR) is 58.5 cm³/mol. The molecule has 2 fully saturated rings. The van der Waals surface area contributed by atoms with Gasteiger partial charge in [0.2, 0.25) is 5.91 Å². The molecule has 0 aromatic heterocycles. The molecule has 2 saturated carbocycles. The summed E-state index contributed by atoms with van der Waals surface area (Å²) in [5.74, 6) is 2.43. The zero-order chi connectivity index (χ0) is 10.8. The van der Waals surface area contributed by atoms with Crippen LogP contribution in [0.25, 0.3) is 0 Å². The Bertz CT molecular complexity index is 232. The number of hydrogen-bond acceptors (Lipinski definition) is 2. The van der Waals surface area contributed by atoms with Crippen LogP contribution in [-0.2, 0) is 9.53 Å². The minimum absolute atomic E-state index is 0.320. The molecule has 0 bridgehead atoms. The van der Waals surface area contributed by atoms with Gasteiger partial charge in [0, 0.05) is 26.1 Å². The molecule has 0 aromatic carbocycles. The maximum Gasteiger partial charge on any atom is 0.225 e. The maximum absolute atomic E-state index is 12.0. The van der Waals surface area contributed by atoms with Crippen LogP contribution < -0.4 is 0 Å². The molecule has 1 amide bonds. The first kappa shape index (κ1) is 10.9. The fourth-order valence-corrected chi connectivity index (χ4v) is 2.68. The van der Waals surface area contributed by atoms with Crippen molar-refractivity contribution in [3.8, 4) is 0 Å². The second-order valence-electron chi connectivity index (χ2n) is 4.88. The summed E-state index contributed by atoms with van der Waals surface area (Å²) in [4.78, 5) is 13.8. The van der Waals surface area contributed by atoms with Gasteiger partial charge in [-0.2, -0.15) is 0 Å². The van der Waals surface area contributed by atoms with Gasteiger partial charge in [-0.05, 0) is 38.0 Å². The van der Waals surface area contributed by atoms with Crippen LogP contribution in [0.5, 0.6) is 0 Å².